The SMILES string of the molecule is Cc1ccc(-c2ccccc2-c2nc(-c3ccc(-c4cc(-c5ccccc5)c(-c5ccccc5)c(-c5ccccc5)c4)cc3)nc(-c3ccc4c(c3)oc3ccccc34)n2)c(C)n1. The van der Waals surface area contributed by atoms with E-state index in [9.17, 15) is 0 Å². The minimum Gasteiger partial charge on any atom is -0.456 e. The highest BCUT2D eigenvalue weighted by atomic mass is 16.3. The number of aromatic nitrogens is 4. The Morgan fingerprint density at radius 2 is 0.825 bits per heavy atom. The van der Waals surface area contributed by atoms with Gasteiger partial charge in [-0.05, 0) is 100 Å². The van der Waals surface area contributed by atoms with Gasteiger partial charge < -0.3 is 4.42 Å². The van der Waals surface area contributed by atoms with Crippen LogP contribution in [0.15, 0.2) is 211 Å². The number of rotatable bonds is 8. The molecule has 0 spiro atoms. The molecule has 11 rings (SSSR count). The van der Waals surface area contributed by atoms with Gasteiger partial charge in [0.2, 0.25) is 0 Å². The lowest BCUT2D eigenvalue weighted by Crippen LogP contribution is -2.01. The van der Waals surface area contributed by atoms with Gasteiger partial charge in [-0.3, -0.25) is 4.98 Å². The molecule has 0 unspecified atom stereocenters. The number of hydrogen-bond donors (Lipinski definition) is 0. The van der Waals surface area contributed by atoms with Crippen molar-refractivity contribution in [3.63, 3.8) is 0 Å². The molecule has 0 atom stereocenters. The summed E-state index contributed by atoms with van der Waals surface area (Å²) < 4.78 is 6.33. The predicted molar refractivity (Wildman–Crippen MR) is 258 cm³/mol. The molecule has 63 heavy (non-hydrogen) atoms. The summed E-state index contributed by atoms with van der Waals surface area (Å²) in [5.41, 5.74) is 17.5. The normalized spacial score (nSPS) is 11.3. The predicted octanol–water partition coefficient (Wildman–Crippen LogP) is 15.1. The van der Waals surface area contributed by atoms with Crippen LogP contribution in [0.5, 0.6) is 0 Å². The standard InChI is InChI=1S/C58H40N4O/c1-37-26-32-46(38(2)59-37)47-22-12-13-24-50(47)58-61-56(60-57(62-58)44-31-33-49-48-23-14-15-25-53(48)63-54(49)36-44)43-29-27-39(28-30-43)45-34-51(40-16-6-3-7-17-40)55(42-20-10-5-11-21-42)52(35-45)41-18-8-4-9-19-41/h3-36H,1-2H3. The fourth-order valence-electron chi connectivity index (χ4n) is 8.73. The first-order valence-corrected chi connectivity index (χ1v) is 21.2. The molecular formula is C58H40N4O. The van der Waals surface area contributed by atoms with E-state index in [1.807, 2.05) is 56.3 Å². The summed E-state index contributed by atoms with van der Waals surface area (Å²) in [6.07, 6.45) is 0. The molecule has 0 fully saturated rings. The first kappa shape index (κ1) is 37.7. The summed E-state index contributed by atoms with van der Waals surface area (Å²) in [7, 11) is 0. The Morgan fingerprint density at radius 1 is 0.302 bits per heavy atom. The van der Waals surface area contributed by atoms with Gasteiger partial charge in [-0.2, -0.15) is 0 Å². The van der Waals surface area contributed by atoms with Crippen molar-refractivity contribution in [3.8, 4) is 89.8 Å². The van der Waals surface area contributed by atoms with Crippen LogP contribution in [0, 0.1) is 13.8 Å². The number of furan rings is 1. The molecule has 0 N–H and O–H groups in total. The van der Waals surface area contributed by atoms with Crippen LogP contribution in [-0.2, 0) is 0 Å². The molecule has 298 valence electrons. The maximum atomic E-state index is 6.33. The van der Waals surface area contributed by atoms with Crippen molar-refractivity contribution >= 4 is 21.9 Å². The highest BCUT2D eigenvalue weighted by Crippen LogP contribution is 2.44. The van der Waals surface area contributed by atoms with Gasteiger partial charge in [0.05, 0.1) is 0 Å². The molecular weight excluding hydrogens is 769 g/mol. The van der Waals surface area contributed by atoms with E-state index in [0.29, 0.717) is 17.5 Å². The van der Waals surface area contributed by atoms with Gasteiger partial charge in [-0.15, -0.1) is 0 Å². The number of benzene rings is 8. The quantitative estimate of drug-likeness (QED) is 0.153. The van der Waals surface area contributed by atoms with Crippen LogP contribution in [0.2, 0.25) is 0 Å². The lowest BCUT2D eigenvalue weighted by atomic mass is 9.84. The zero-order chi connectivity index (χ0) is 42.3. The Balaban J connectivity index is 1.07. The molecule has 8 aromatic carbocycles. The summed E-state index contributed by atoms with van der Waals surface area (Å²) >= 11 is 0. The van der Waals surface area contributed by atoms with Crippen molar-refractivity contribution in [2.24, 2.45) is 0 Å². The van der Waals surface area contributed by atoms with Crippen molar-refractivity contribution in [3.05, 3.63) is 218 Å². The number of hydrogen-bond acceptors (Lipinski definition) is 5. The van der Waals surface area contributed by atoms with Crippen LogP contribution < -0.4 is 0 Å². The third kappa shape index (κ3) is 7.15. The second-order valence-corrected chi connectivity index (χ2v) is 15.9. The number of para-hydroxylation sites is 1. The summed E-state index contributed by atoms with van der Waals surface area (Å²) in [6.45, 7) is 4.07. The topological polar surface area (TPSA) is 64.7 Å². The van der Waals surface area contributed by atoms with Crippen LogP contribution in [0.3, 0.4) is 0 Å². The highest BCUT2D eigenvalue weighted by Gasteiger charge is 2.20. The lowest BCUT2D eigenvalue weighted by Gasteiger charge is -2.19. The largest absolute Gasteiger partial charge is 0.456 e. The fourth-order valence-corrected chi connectivity index (χ4v) is 8.73. The first-order valence-electron chi connectivity index (χ1n) is 21.2. The fraction of sp³-hybridized carbons (Fsp3) is 0.0345. The van der Waals surface area contributed by atoms with Crippen molar-refractivity contribution in [1.29, 1.82) is 0 Å². The van der Waals surface area contributed by atoms with Crippen LogP contribution in [0.1, 0.15) is 11.4 Å². The zero-order valence-electron chi connectivity index (χ0n) is 34.8. The van der Waals surface area contributed by atoms with Gasteiger partial charge in [0.15, 0.2) is 17.5 Å². The second-order valence-electron chi connectivity index (χ2n) is 15.9. The van der Waals surface area contributed by atoms with Crippen LogP contribution in [0.25, 0.3) is 112 Å². The number of fused-ring (bicyclic) bond motifs is 3. The minimum absolute atomic E-state index is 0.562. The third-order valence-corrected chi connectivity index (χ3v) is 11.8. The molecule has 5 nitrogen and oxygen atoms in total. The average Bonchev–Trinajstić information content (AvgIpc) is 3.72. The van der Waals surface area contributed by atoms with E-state index < -0.39 is 0 Å². The number of aryl methyl sites for hydroxylation is 2. The average molecular weight is 809 g/mol. The molecule has 0 aliphatic carbocycles. The molecule has 0 bridgehead atoms. The molecule has 0 saturated carbocycles. The summed E-state index contributed by atoms with van der Waals surface area (Å²) in [5, 5.41) is 2.13. The van der Waals surface area contributed by atoms with E-state index in [2.05, 4.69) is 164 Å². The molecule has 3 aromatic heterocycles. The Morgan fingerprint density at radius 3 is 1.49 bits per heavy atom. The molecule has 11 aromatic rings. The molecule has 0 aliphatic rings. The Labute approximate surface area is 366 Å². The van der Waals surface area contributed by atoms with E-state index in [-0.39, 0.29) is 0 Å². The highest BCUT2D eigenvalue weighted by molar-refractivity contribution is 6.06. The van der Waals surface area contributed by atoms with Crippen LogP contribution in [-0.4, -0.2) is 19.9 Å². The van der Waals surface area contributed by atoms with E-state index >= 15 is 0 Å². The molecule has 0 aliphatic heterocycles. The maximum Gasteiger partial charge on any atom is 0.164 e. The smallest absolute Gasteiger partial charge is 0.164 e. The van der Waals surface area contributed by atoms with E-state index in [1.54, 1.807) is 0 Å². The molecule has 0 radical (unpaired) electrons. The summed E-state index contributed by atoms with van der Waals surface area (Å²) in [5.74, 6) is 1.72. The van der Waals surface area contributed by atoms with Crippen molar-refractivity contribution in [2.45, 2.75) is 13.8 Å². The van der Waals surface area contributed by atoms with E-state index in [4.69, 9.17) is 24.4 Å². The van der Waals surface area contributed by atoms with Gasteiger partial charge in [-0.1, -0.05) is 170 Å². The first-order chi connectivity index (χ1) is 31.0. The monoisotopic (exact) mass is 808 g/mol. The van der Waals surface area contributed by atoms with Gasteiger partial charge in [0.25, 0.3) is 0 Å². The summed E-state index contributed by atoms with van der Waals surface area (Å²) in [4.78, 5) is 20.4. The van der Waals surface area contributed by atoms with Crippen molar-refractivity contribution in [1.82, 2.24) is 19.9 Å². The minimum atomic E-state index is 0.562. The summed E-state index contributed by atoms with van der Waals surface area (Å²) in [6, 6.07) is 72.1. The second kappa shape index (κ2) is 16.0. The zero-order valence-corrected chi connectivity index (χ0v) is 34.8. The molecule has 0 saturated heterocycles. The number of nitrogens with zero attached hydrogens (tertiary/aromatic N) is 4. The van der Waals surface area contributed by atoms with Gasteiger partial charge in [0.1, 0.15) is 11.2 Å². The maximum absolute atomic E-state index is 6.33. The molecule has 5 heteroatoms. The number of pyridine rings is 1. The van der Waals surface area contributed by atoms with Crippen LogP contribution in [0.4, 0.5) is 0 Å². The molecule has 3 heterocycles. The van der Waals surface area contributed by atoms with Crippen molar-refractivity contribution in [2.75, 3.05) is 0 Å². The third-order valence-electron chi connectivity index (χ3n) is 11.8. The Bertz CT molecular complexity index is 3390. The Kier molecular flexibility index (Phi) is 9.55. The van der Waals surface area contributed by atoms with E-state index in [1.165, 1.54) is 22.3 Å². The van der Waals surface area contributed by atoms with Gasteiger partial charge in [0, 0.05) is 44.4 Å². The molecule has 0 amide bonds. The van der Waals surface area contributed by atoms with Crippen molar-refractivity contribution < 1.29 is 4.42 Å². The van der Waals surface area contributed by atoms with E-state index in [0.717, 1.165) is 83.4 Å². The van der Waals surface area contributed by atoms with Gasteiger partial charge in [-0.25, -0.2) is 15.0 Å². The van der Waals surface area contributed by atoms with Crippen LogP contribution >= 0.6 is 0 Å². The lowest BCUT2D eigenvalue weighted by molar-refractivity contribution is 0.669. The van der Waals surface area contributed by atoms with Gasteiger partial charge >= 0.3 is 0 Å². The Hall–Kier alpha value is -8.28.